The summed E-state index contributed by atoms with van der Waals surface area (Å²) in [6, 6.07) is 5.75. The van der Waals surface area contributed by atoms with Crippen LogP contribution in [0.1, 0.15) is 19.4 Å². The lowest BCUT2D eigenvalue weighted by Crippen LogP contribution is -2.00. The molecule has 0 amide bonds. The van der Waals surface area contributed by atoms with E-state index in [1.807, 2.05) is 31.2 Å². The highest BCUT2D eigenvalue weighted by Crippen LogP contribution is 2.25. The van der Waals surface area contributed by atoms with Crippen LogP contribution >= 0.6 is 15.9 Å². The van der Waals surface area contributed by atoms with Gasteiger partial charge in [-0.3, -0.25) is 0 Å². The molecule has 0 aromatic heterocycles. The van der Waals surface area contributed by atoms with E-state index in [0.717, 1.165) is 21.4 Å². The molecule has 0 aliphatic carbocycles. The Morgan fingerprint density at radius 2 is 2.20 bits per heavy atom. The second kappa shape index (κ2) is 5.33. The minimum Gasteiger partial charge on any atom is -0.497 e. The second-order valence-electron chi connectivity index (χ2n) is 3.45. The van der Waals surface area contributed by atoms with Crippen molar-refractivity contribution in [3.63, 3.8) is 0 Å². The van der Waals surface area contributed by atoms with Crippen LogP contribution in [0.5, 0.6) is 5.75 Å². The van der Waals surface area contributed by atoms with Gasteiger partial charge in [-0.1, -0.05) is 22.0 Å². The third-order valence-corrected chi connectivity index (χ3v) is 2.97. The molecule has 2 nitrogen and oxygen atoms in total. The van der Waals surface area contributed by atoms with Crippen LogP contribution in [0.3, 0.4) is 0 Å². The second-order valence-corrected chi connectivity index (χ2v) is 4.31. The van der Waals surface area contributed by atoms with Crippen LogP contribution in [0.4, 0.5) is 0 Å². The van der Waals surface area contributed by atoms with Crippen molar-refractivity contribution in [2.45, 2.75) is 20.0 Å². The molecule has 15 heavy (non-hydrogen) atoms. The van der Waals surface area contributed by atoms with Gasteiger partial charge in [0.25, 0.3) is 0 Å². The molecule has 1 aromatic rings. The standard InChI is InChI=1S/C12H15BrO2/c1-8(9(2)14)6-10-7-11(15-3)4-5-12(10)13/h4-7,9,14H,1-3H3/b8-6-. The summed E-state index contributed by atoms with van der Waals surface area (Å²) in [7, 11) is 1.64. The van der Waals surface area contributed by atoms with Gasteiger partial charge in [0.1, 0.15) is 5.75 Å². The highest BCUT2D eigenvalue weighted by Gasteiger charge is 2.02. The lowest BCUT2D eigenvalue weighted by molar-refractivity contribution is 0.232. The lowest BCUT2D eigenvalue weighted by Gasteiger charge is -2.07. The Balaban J connectivity index is 3.08. The Kier molecular flexibility index (Phi) is 4.36. The van der Waals surface area contributed by atoms with Crippen molar-refractivity contribution in [1.29, 1.82) is 0 Å². The van der Waals surface area contributed by atoms with Crippen LogP contribution in [0, 0.1) is 0 Å². The molecule has 0 spiro atoms. The van der Waals surface area contributed by atoms with E-state index in [0.29, 0.717) is 0 Å². The SMILES string of the molecule is COc1ccc(Br)c(/C=C(/C)C(C)O)c1. The highest BCUT2D eigenvalue weighted by atomic mass is 79.9. The van der Waals surface area contributed by atoms with Crippen molar-refractivity contribution in [3.8, 4) is 5.75 Å². The molecule has 0 saturated heterocycles. The number of aliphatic hydroxyl groups is 1. The quantitative estimate of drug-likeness (QED) is 0.914. The monoisotopic (exact) mass is 270 g/mol. The van der Waals surface area contributed by atoms with E-state index < -0.39 is 6.10 Å². The predicted octanol–water partition coefficient (Wildman–Crippen LogP) is 3.24. The summed E-state index contributed by atoms with van der Waals surface area (Å²) in [4.78, 5) is 0. The Bertz CT molecular complexity index is 370. The van der Waals surface area contributed by atoms with E-state index >= 15 is 0 Å². The van der Waals surface area contributed by atoms with E-state index in [9.17, 15) is 5.11 Å². The highest BCUT2D eigenvalue weighted by molar-refractivity contribution is 9.10. The number of hydrogen-bond acceptors (Lipinski definition) is 2. The fourth-order valence-electron chi connectivity index (χ4n) is 1.13. The van der Waals surface area contributed by atoms with Gasteiger partial charge in [-0.05, 0) is 43.2 Å². The summed E-state index contributed by atoms with van der Waals surface area (Å²) in [6.07, 6.45) is 1.51. The van der Waals surface area contributed by atoms with Crippen LogP contribution in [-0.2, 0) is 0 Å². The zero-order valence-corrected chi connectivity index (χ0v) is 10.7. The Morgan fingerprint density at radius 3 is 2.73 bits per heavy atom. The molecule has 0 radical (unpaired) electrons. The number of ether oxygens (including phenoxy) is 1. The first-order valence-corrected chi connectivity index (χ1v) is 5.53. The van der Waals surface area contributed by atoms with Crippen LogP contribution in [-0.4, -0.2) is 18.3 Å². The lowest BCUT2D eigenvalue weighted by atomic mass is 10.1. The molecule has 0 aliphatic heterocycles. The molecule has 1 N–H and O–H groups in total. The zero-order chi connectivity index (χ0) is 11.4. The Morgan fingerprint density at radius 1 is 1.53 bits per heavy atom. The minimum absolute atomic E-state index is 0.428. The molecule has 0 saturated carbocycles. The zero-order valence-electron chi connectivity index (χ0n) is 9.12. The van der Waals surface area contributed by atoms with Crippen LogP contribution in [0.15, 0.2) is 28.2 Å². The van der Waals surface area contributed by atoms with Gasteiger partial charge in [-0.2, -0.15) is 0 Å². The topological polar surface area (TPSA) is 29.5 Å². The van der Waals surface area contributed by atoms with Crippen molar-refractivity contribution >= 4 is 22.0 Å². The molecule has 1 rings (SSSR count). The number of methoxy groups -OCH3 is 1. The van der Waals surface area contributed by atoms with Gasteiger partial charge in [0.05, 0.1) is 13.2 Å². The molecule has 0 aliphatic rings. The first kappa shape index (κ1) is 12.3. The maximum absolute atomic E-state index is 9.38. The summed E-state index contributed by atoms with van der Waals surface area (Å²) in [5, 5.41) is 9.38. The summed E-state index contributed by atoms with van der Waals surface area (Å²) in [6.45, 7) is 3.65. The third-order valence-electron chi connectivity index (χ3n) is 2.25. The maximum atomic E-state index is 9.38. The van der Waals surface area contributed by atoms with Crippen molar-refractivity contribution in [1.82, 2.24) is 0 Å². The maximum Gasteiger partial charge on any atom is 0.119 e. The minimum atomic E-state index is -0.428. The van der Waals surface area contributed by atoms with Gasteiger partial charge < -0.3 is 9.84 Å². The molecule has 1 aromatic carbocycles. The predicted molar refractivity (Wildman–Crippen MR) is 66.0 cm³/mol. The van der Waals surface area contributed by atoms with Gasteiger partial charge >= 0.3 is 0 Å². The summed E-state index contributed by atoms with van der Waals surface area (Å²) in [5.74, 6) is 0.808. The van der Waals surface area contributed by atoms with Gasteiger partial charge in [0.15, 0.2) is 0 Å². The van der Waals surface area contributed by atoms with Crippen molar-refractivity contribution in [2.24, 2.45) is 0 Å². The average molecular weight is 271 g/mol. The van der Waals surface area contributed by atoms with Crippen LogP contribution in [0.25, 0.3) is 6.08 Å². The van der Waals surface area contributed by atoms with Gasteiger partial charge in [0.2, 0.25) is 0 Å². The summed E-state index contributed by atoms with van der Waals surface area (Å²) < 4.78 is 6.13. The summed E-state index contributed by atoms with van der Waals surface area (Å²) in [5.41, 5.74) is 1.93. The third kappa shape index (κ3) is 3.36. The van der Waals surface area contributed by atoms with Crippen LogP contribution < -0.4 is 4.74 Å². The molecule has 0 heterocycles. The number of benzene rings is 1. The molecule has 3 heteroatoms. The van der Waals surface area contributed by atoms with Crippen molar-refractivity contribution < 1.29 is 9.84 Å². The molecule has 82 valence electrons. The van der Waals surface area contributed by atoms with E-state index in [1.165, 1.54) is 0 Å². The van der Waals surface area contributed by atoms with Crippen LogP contribution in [0.2, 0.25) is 0 Å². The Labute approximate surface area is 98.7 Å². The number of aliphatic hydroxyl groups excluding tert-OH is 1. The first-order chi connectivity index (χ1) is 7.04. The van der Waals surface area contributed by atoms with E-state index in [1.54, 1.807) is 14.0 Å². The fraction of sp³-hybridized carbons (Fsp3) is 0.333. The number of halogens is 1. The molecule has 0 fully saturated rings. The number of hydrogen-bond donors (Lipinski definition) is 1. The smallest absolute Gasteiger partial charge is 0.119 e. The van der Waals surface area contributed by atoms with E-state index in [2.05, 4.69) is 15.9 Å². The van der Waals surface area contributed by atoms with Gasteiger partial charge in [-0.25, -0.2) is 0 Å². The largest absolute Gasteiger partial charge is 0.497 e. The molecular weight excluding hydrogens is 256 g/mol. The molecule has 0 bridgehead atoms. The van der Waals surface area contributed by atoms with E-state index in [4.69, 9.17) is 4.74 Å². The Hall–Kier alpha value is -0.800. The summed E-state index contributed by atoms with van der Waals surface area (Å²) >= 11 is 3.46. The van der Waals surface area contributed by atoms with Crippen molar-refractivity contribution in [2.75, 3.05) is 7.11 Å². The molecular formula is C12H15BrO2. The number of rotatable bonds is 3. The molecule has 1 unspecified atom stereocenters. The molecule has 1 atom stereocenters. The van der Waals surface area contributed by atoms with Gasteiger partial charge in [-0.15, -0.1) is 0 Å². The van der Waals surface area contributed by atoms with E-state index in [-0.39, 0.29) is 0 Å². The van der Waals surface area contributed by atoms with Gasteiger partial charge in [0, 0.05) is 4.47 Å². The van der Waals surface area contributed by atoms with Crippen molar-refractivity contribution in [3.05, 3.63) is 33.8 Å². The normalized spacial score (nSPS) is 13.8. The first-order valence-electron chi connectivity index (χ1n) is 4.74. The average Bonchev–Trinajstić information content (AvgIpc) is 2.21. The fourth-order valence-corrected chi connectivity index (χ4v) is 1.49.